The number of benzene rings is 1. The lowest BCUT2D eigenvalue weighted by Crippen LogP contribution is -2.31. The van der Waals surface area contributed by atoms with Crippen LogP contribution in [0.1, 0.15) is 17.3 Å². The number of nitrogens with two attached hydrogens (primary N) is 1. The van der Waals surface area contributed by atoms with Gasteiger partial charge in [-0.25, -0.2) is 4.98 Å². The van der Waals surface area contributed by atoms with E-state index < -0.39 is 4.92 Å². The van der Waals surface area contributed by atoms with E-state index in [1.165, 1.54) is 29.2 Å². The summed E-state index contributed by atoms with van der Waals surface area (Å²) in [5.74, 6) is -0.218. The maximum Gasteiger partial charge on any atom is 0.294 e. The summed E-state index contributed by atoms with van der Waals surface area (Å²) >= 11 is 0. The zero-order valence-electron chi connectivity index (χ0n) is 12.1. The number of hydrogen-bond acceptors (Lipinski definition) is 5. The number of nitrogens with zero attached hydrogens (tertiary/aromatic N) is 3. The second-order valence-corrected chi connectivity index (χ2v) is 4.98. The van der Waals surface area contributed by atoms with Gasteiger partial charge in [0.2, 0.25) is 0 Å². The summed E-state index contributed by atoms with van der Waals surface area (Å²) in [4.78, 5) is 26.6. The highest BCUT2D eigenvalue weighted by Gasteiger charge is 2.18. The number of rotatable bonds is 6. The van der Waals surface area contributed by atoms with Gasteiger partial charge in [-0.05, 0) is 24.6 Å². The van der Waals surface area contributed by atoms with Gasteiger partial charge in [0.05, 0.1) is 11.3 Å². The van der Waals surface area contributed by atoms with Gasteiger partial charge in [-0.2, -0.15) is 0 Å². The van der Waals surface area contributed by atoms with E-state index >= 15 is 0 Å². The Kier molecular flexibility index (Phi) is 4.84. The van der Waals surface area contributed by atoms with Crippen molar-refractivity contribution in [3.8, 4) is 5.69 Å². The van der Waals surface area contributed by atoms with Crippen LogP contribution in [0.3, 0.4) is 0 Å². The van der Waals surface area contributed by atoms with Gasteiger partial charge in [0.25, 0.3) is 11.6 Å². The summed E-state index contributed by atoms with van der Waals surface area (Å²) in [5, 5.41) is 13.9. The van der Waals surface area contributed by atoms with Crippen LogP contribution in [-0.2, 0) is 0 Å². The van der Waals surface area contributed by atoms with Crippen LogP contribution in [-0.4, -0.2) is 33.5 Å². The lowest BCUT2D eigenvalue weighted by molar-refractivity contribution is -0.384. The molecule has 1 atom stereocenters. The van der Waals surface area contributed by atoms with Gasteiger partial charge in [-0.15, -0.1) is 0 Å². The molecule has 0 fully saturated rings. The number of carbonyl (C=O) groups is 1. The minimum absolute atomic E-state index is 0.143. The van der Waals surface area contributed by atoms with Gasteiger partial charge in [0.1, 0.15) is 5.69 Å². The predicted octanol–water partition coefficient (Wildman–Crippen LogP) is 1.11. The zero-order chi connectivity index (χ0) is 16.1. The normalized spacial score (nSPS) is 11.9. The molecule has 0 aliphatic rings. The molecule has 0 radical (unpaired) electrons. The number of nitro benzene ring substituents is 1. The molecule has 2 rings (SSSR count). The molecule has 0 aliphatic carbocycles. The van der Waals surface area contributed by atoms with Crippen LogP contribution >= 0.6 is 0 Å². The van der Waals surface area contributed by atoms with Gasteiger partial charge in [-0.1, -0.05) is 6.92 Å². The van der Waals surface area contributed by atoms with Gasteiger partial charge < -0.3 is 15.6 Å². The van der Waals surface area contributed by atoms with Crippen molar-refractivity contribution in [3.63, 3.8) is 0 Å². The lowest BCUT2D eigenvalue weighted by Gasteiger charge is -2.11. The fourth-order valence-electron chi connectivity index (χ4n) is 1.88. The fraction of sp³-hybridized carbons (Fsp3) is 0.286. The minimum Gasteiger partial charge on any atom is -0.352 e. The molecule has 1 aromatic heterocycles. The zero-order valence-corrected chi connectivity index (χ0v) is 12.1. The van der Waals surface area contributed by atoms with Crippen molar-refractivity contribution in [1.82, 2.24) is 14.9 Å². The van der Waals surface area contributed by atoms with Crippen LogP contribution in [0, 0.1) is 16.0 Å². The number of amides is 1. The molecule has 0 spiro atoms. The Bertz CT molecular complexity index is 669. The number of hydrogen-bond donors (Lipinski definition) is 2. The molecule has 0 bridgehead atoms. The van der Waals surface area contributed by atoms with Gasteiger partial charge in [-0.3, -0.25) is 14.9 Å². The topological polar surface area (TPSA) is 116 Å². The van der Waals surface area contributed by atoms with E-state index in [0.717, 1.165) is 0 Å². The first-order valence-corrected chi connectivity index (χ1v) is 6.78. The van der Waals surface area contributed by atoms with Crippen LogP contribution in [0.5, 0.6) is 0 Å². The van der Waals surface area contributed by atoms with Crippen molar-refractivity contribution >= 4 is 11.6 Å². The number of imidazole rings is 1. The molecule has 1 aromatic carbocycles. The second kappa shape index (κ2) is 6.81. The molecule has 2 aromatic rings. The number of aromatic nitrogens is 2. The summed E-state index contributed by atoms with van der Waals surface area (Å²) < 4.78 is 1.52. The molecular formula is C14H17N5O3. The van der Waals surface area contributed by atoms with Crippen LogP contribution in [0.25, 0.3) is 5.69 Å². The quantitative estimate of drug-likeness (QED) is 0.612. The Morgan fingerprint density at radius 1 is 1.55 bits per heavy atom. The number of nitro groups is 1. The second-order valence-electron chi connectivity index (χ2n) is 4.98. The molecule has 3 N–H and O–H groups in total. The Hall–Kier alpha value is -2.74. The molecule has 0 saturated carbocycles. The first kappa shape index (κ1) is 15.6. The van der Waals surface area contributed by atoms with Crippen LogP contribution < -0.4 is 11.1 Å². The van der Waals surface area contributed by atoms with Gasteiger partial charge in [0, 0.05) is 30.6 Å². The maximum atomic E-state index is 12.0. The summed E-state index contributed by atoms with van der Waals surface area (Å²) in [6, 6.07) is 4.34. The Morgan fingerprint density at radius 2 is 2.32 bits per heavy atom. The third-order valence-corrected chi connectivity index (χ3v) is 3.23. The Labute approximate surface area is 127 Å². The van der Waals surface area contributed by atoms with Crippen molar-refractivity contribution in [2.24, 2.45) is 11.7 Å². The smallest absolute Gasteiger partial charge is 0.294 e. The van der Waals surface area contributed by atoms with E-state index in [4.69, 9.17) is 5.73 Å². The molecule has 22 heavy (non-hydrogen) atoms. The molecule has 1 unspecified atom stereocenters. The Morgan fingerprint density at radius 3 is 2.91 bits per heavy atom. The van der Waals surface area contributed by atoms with Crippen molar-refractivity contribution in [3.05, 3.63) is 52.6 Å². The lowest BCUT2D eigenvalue weighted by atomic mass is 10.1. The monoisotopic (exact) mass is 303 g/mol. The van der Waals surface area contributed by atoms with E-state index in [2.05, 4.69) is 10.3 Å². The molecule has 116 valence electrons. The standard InChI is InChI=1S/C14H17N5O3/c1-10(7-15)8-17-14(20)11-2-3-12(13(6-11)19(21)22)18-5-4-16-9-18/h2-6,9-10H,7-8,15H2,1H3,(H,17,20). The van der Waals surface area contributed by atoms with Crippen molar-refractivity contribution in [2.45, 2.75) is 6.92 Å². The SMILES string of the molecule is CC(CN)CNC(=O)c1ccc(-n2ccnc2)c([N+](=O)[O-])c1. The van der Waals surface area contributed by atoms with Crippen molar-refractivity contribution in [2.75, 3.05) is 13.1 Å². The highest BCUT2D eigenvalue weighted by Crippen LogP contribution is 2.24. The summed E-state index contributed by atoms with van der Waals surface area (Å²) in [6.07, 6.45) is 4.59. The van der Waals surface area contributed by atoms with Crippen LogP contribution in [0.15, 0.2) is 36.9 Å². The first-order chi connectivity index (χ1) is 10.5. The van der Waals surface area contributed by atoms with Crippen molar-refractivity contribution < 1.29 is 9.72 Å². The maximum absolute atomic E-state index is 12.0. The molecule has 0 saturated heterocycles. The molecule has 8 heteroatoms. The molecule has 8 nitrogen and oxygen atoms in total. The van der Waals surface area contributed by atoms with E-state index in [-0.39, 0.29) is 23.1 Å². The summed E-state index contributed by atoms with van der Waals surface area (Å²) in [6.45, 7) is 2.79. The van der Waals surface area contributed by atoms with Crippen LogP contribution in [0.4, 0.5) is 5.69 Å². The molecular weight excluding hydrogens is 286 g/mol. The molecule has 0 aliphatic heterocycles. The average Bonchev–Trinajstić information content (AvgIpc) is 3.05. The third kappa shape index (κ3) is 3.47. The molecule has 1 heterocycles. The average molecular weight is 303 g/mol. The number of carbonyl (C=O) groups excluding carboxylic acids is 1. The largest absolute Gasteiger partial charge is 0.352 e. The van der Waals surface area contributed by atoms with Crippen molar-refractivity contribution in [1.29, 1.82) is 0 Å². The van der Waals surface area contributed by atoms with E-state index in [9.17, 15) is 14.9 Å². The first-order valence-electron chi connectivity index (χ1n) is 6.78. The van der Waals surface area contributed by atoms with E-state index in [1.807, 2.05) is 6.92 Å². The van der Waals surface area contributed by atoms with E-state index in [1.54, 1.807) is 12.3 Å². The third-order valence-electron chi connectivity index (χ3n) is 3.23. The van der Waals surface area contributed by atoms with Gasteiger partial charge >= 0.3 is 0 Å². The Balaban J connectivity index is 2.26. The highest BCUT2D eigenvalue weighted by atomic mass is 16.6. The molecule has 1 amide bonds. The number of nitrogens with one attached hydrogen (secondary N) is 1. The van der Waals surface area contributed by atoms with Crippen LogP contribution in [0.2, 0.25) is 0 Å². The minimum atomic E-state index is -0.519. The highest BCUT2D eigenvalue weighted by molar-refractivity contribution is 5.95. The van der Waals surface area contributed by atoms with Gasteiger partial charge in [0.15, 0.2) is 0 Å². The summed E-state index contributed by atoms with van der Waals surface area (Å²) in [5.41, 5.74) is 5.92. The fourth-order valence-corrected chi connectivity index (χ4v) is 1.88. The summed E-state index contributed by atoms with van der Waals surface area (Å²) in [7, 11) is 0. The van der Waals surface area contributed by atoms with E-state index in [0.29, 0.717) is 18.8 Å². The predicted molar refractivity (Wildman–Crippen MR) is 80.8 cm³/mol.